The smallest absolute Gasteiger partial charge is 0.508 e. The summed E-state index contributed by atoms with van der Waals surface area (Å²) in [6, 6.07) is 8.95. The van der Waals surface area contributed by atoms with Crippen LogP contribution in [0.3, 0.4) is 0 Å². The lowest BCUT2D eigenvalue weighted by atomic mass is 10.1. The molecule has 9 heteroatoms. The maximum atomic E-state index is 12.2. The molecule has 0 radical (unpaired) electrons. The van der Waals surface area contributed by atoms with Crippen LogP contribution in [0.1, 0.15) is 11.1 Å². The Balaban J connectivity index is 1.99. The van der Waals surface area contributed by atoms with E-state index in [0.29, 0.717) is 5.56 Å². The third-order valence-corrected chi connectivity index (χ3v) is 2.90. The summed E-state index contributed by atoms with van der Waals surface area (Å²) >= 11 is 0. The van der Waals surface area contributed by atoms with E-state index in [1.165, 1.54) is 12.1 Å². The number of amides is 1. The van der Waals surface area contributed by atoms with Crippen LogP contribution in [0.15, 0.2) is 47.6 Å². The van der Waals surface area contributed by atoms with Crippen LogP contribution in [0, 0.1) is 0 Å². The largest absolute Gasteiger partial charge is 0.573 e. The van der Waals surface area contributed by atoms with E-state index in [2.05, 4.69) is 15.3 Å². The molecule has 0 heterocycles. The molecule has 6 nitrogen and oxygen atoms in total. The summed E-state index contributed by atoms with van der Waals surface area (Å²) in [7, 11) is 0. The van der Waals surface area contributed by atoms with Gasteiger partial charge in [-0.05, 0) is 35.9 Å². The number of nitrogens with zero attached hydrogens (tertiary/aromatic N) is 1. The summed E-state index contributed by atoms with van der Waals surface area (Å²) in [5.74, 6) is -1.36. The average Bonchev–Trinajstić information content (AvgIpc) is 2.49. The minimum atomic E-state index is -4.86. The van der Waals surface area contributed by atoms with E-state index < -0.39 is 18.0 Å². The molecule has 2 rings (SSSR count). The first-order valence-corrected chi connectivity index (χ1v) is 6.91. The minimum Gasteiger partial charge on any atom is -0.508 e. The van der Waals surface area contributed by atoms with Crippen LogP contribution < -0.4 is 10.2 Å². The van der Waals surface area contributed by atoms with Gasteiger partial charge in [-0.1, -0.05) is 12.1 Å². The first kappa shape index (κ1) is 18.1. The number of phenolic OH excluding ortho intramolecular Hbond substituents is 2. The van der Waals surface area contributed by atoms with Gasteiger partial charge in [0, 0.05) is 5.56 Å². The molecule has 25 heavy (non-hydrogen) atoms. The second-order valence-corrected chi connectivity index (χ2v) is 4.91. The van der Waals surface area contributed by atoms with Crippen LogP contribution in [0.5, 0.6) is 17.2 Å². The van der Waals surface area contributed by atoms with E-state index >= 15 is 0 Å². The minimum absolute atomic E-state index is 0.0141. The molecule has 3 N–H and O–H groups in total. The zero-order chi connectivity index (χ0) is 18.4. The Bertz CT molecular complexity index is 791. The normalized spacial score (nSPS) is 11.5. The Morgan fingerprint density at radius 2 is 1.96 bits per heavy atom. The molecular formula is C16H13F3N2O4. The molecule has 0 fully saturated rings. The van der Waals surface area contributed by atoms with Gasteiger partial charge in [-0.2, -0.15) is 5.10 Å². The number of phenols is 2. The topological polar surface area (TPSA) is 91.2 Å². The Kier molecular flexibility index (Phi) is 5.48. The van der Waals surface area contributed by atoms with Gasteiger partial charge in [0.25, 0.3) is 0 Å². The Hall–Kier alpha value is -3.23. The van der Waals surface area contributed by atoms with Gasteiger partial charge in [-0.25, -0.2) is 5.43 Å². The molecule has 2 aromatic carbocycles. The molecule has 0 saturated carbocycles. The molecule has 132 valence electrons. The van der Waals surface area contributed by atoms with Crippen LogP contribution in [0.4, 0.5) is 13.2 Å². The SMILES string of the molecule is O=C(Cc1cccc(O)c1)N/N=C/c1cc(OC(F)(F)F)ccc1O. The number of hydrogen-bond donors (Lipinski definition) is 3. The molecule has 0 unspecified atom stereocenters. The number of halogens is 3. The highest BCUT2D eigenvalue weighted by Crippen LogP contribution is 2.26. The number of rotatable bonds is 5. The summed E-state index contributed by atoms with van der Waals surface area (Å²) in [6.07, 6.45) is -3.94. The number of hydrazone groups is 1. The third-order valence-electron chi connectivity index (χ3n) is 2.90. The van der Waals surface area contributed by atoms with Crippen molar-refractivity contribution in [2.45, 2.75) is 12.8 Å². The number of hydrogen-bond acceptors (Lipinski definition) is 5. The van der Waals surface area contributed by atoms with Crippen molar-refractivity contribution in [1.82, 2.24) is 5.43 Å². The number of alkyl halides is 3. The maximum absolute atomic E-state index is 12.2. The Morgan fingerprint density at radius 3 is 2.64 bits per heavy atom. The number of carbonyl (C=O) groups is 1. The van der Waals surface area contributed by atoms with Gasteiger partial charge in [-0.15, -0.1) is 13.2 Å². The first-order valence-electron chi connectivity index (χ1n) is 6.91. The van der Waals surface area contributed by atoms with Gasteiger partial charge < -0.3 is 14.9 Å². The summed E-state index contributed by atoms with van der Waals surface area (Å²) in [5, 5.41) is 22.5. The standard InChI is InChI=1S/C16H13F3N2O4/c17-16(18,19)25-13-4-5-14(23)11(8-13)9-20-21-15(24)7-10-2-1-3-12(22)6-10/h1-6,8-9,22-23H,7H2,(H,21,24)/b20-9+. The molecule has 0 bridgehead atoms. The molecule has 0 atom stereocenters. The van der Waals surface area contributed by atoms with Gasteiger partial charge in [-0.3, -0.25) is 4.79 Å². The van der Waals surface area contributed by atoms with E-state index in [-0.39, 0.29) is 23.5 Å². The zero-order valence-electron chi connectivity index (χ0n) is 12.6. The van der Waals surface area contributed by atoms with Gasteiger partial charge in [0.1, 0.15) is 17.2 Å². The van der Waals surface area contributed by atoms with Gasteiger partial charge in [0.05, 0.1) is 12.6 Å². The second-order valence-electron chi connectivity index (χ2n) is 4.91. The van der Waals surface area contributed by atoms with Gasteiger partial charge in [0.15, 0.2) is 0 Å². The fourth-order valence-corrected chi connectivity index (χ4v) is 1.90. The van der Waals surface area contributed by atoms with Crippen LogP contribution in [0.25, 0.3) is 0 Å². The first-order chi connectivity index (χ1) is 11.7. The fourth-order valence-electron chi connectivity index (χ4n) is 1.90. The molecule has 0 aliphatic carbocycles. The van der Waals surface area contributed by atoms with E-state index in [1.54, 1.807) is 12.1 Å². The summed E-state index contributed by atoms with van der Waals surface area (Å²) in [6.45, 7) is 0. The Morgan fingerprint density at radius 1 is 1.20 bits per heavy atom. The van der Waals surface area contributed by atoms with Crippen molar-refractivity contribution in [3.63, 3.8) is 0 Å². The van der Waals surface area contributed by atoms with Crippen molar-refractivity contribution in [3.8, 4) is 17.2 Å². The van der Waals surface area contributed by atoms with Crippen molar-refractivity contribution in [2.75, 3.05) is 0 Å². The highest BCUT2D eigenvalue weighted by Gasteiger charge is 2.31. The highest BCUT2D eigenvalue weighted by molar-refractivity contribution is 5.86. The monoisotopic (exact) mass is 354 g/mol. The fraction of sp³-hybridized carbons (Fsp3) is 0.125. The number of benzene rings is 2. The van der Waals surface area contributed by atoms with Crippen molar-refractivity contribution in [1.29, 1.82) is 0 Å². The highest BCUT2D eigenvalue weighted by atomic mass is 19.4. The van der Waals surface area contributed by atoms with Crippen LogP contribution in [0.2, 0.25) is 0 Å². The number of nitrogens with one attached hydrogen (secondary N) is 1. The summed E-state index contributed by atoms with van der Waals surface area (Å²) < 4.78 is 40.3. The van der Waals surface area contributed by atoms with Crippen LogP contribution >= 0.6 is 0 Å². The lowest BCUT2D eigenvalue weighted by molar-refractivity contribution is -0.274. The average molecular weight is 354 g/mol. The predicted molar refractivity (Wildman–Crippen MR) is 82.3 cm³/mol. The maximum Gasteiger partial charge on any atom is 0.573 e. The van der Waals surface area contributed by atoms with Crippen molar-refractivity contribution < 1.29 is 32.9 Å². The third kappa shape index (κ3) is 6.05. The lowest BCUT2D eigenvalue weighted by Gasteiger charge is -2.09. The molecule has 0 aliphatic rings. The summed E-state index contributed by atoms with van der Waals surface area (Å²) in [5.41, 5.74) is 2.65. The van der Waals surface area contributed by atoms with Gasteiger partial charge >= 0.3 is 6.36 Å². The number of aromatic hydroxyl groups is 2. The van der Waals surface area contributed by atoms with Crippen molar-refractivity contribution in [3.05, 3.63) is 53.6 Å². The number of carbonyl (C=O) groups excluding carboxylic acids is 1. The second kappa shape index (κ2) is 7.56. The quantitative estimate of drug-likeness (QED) is 0.569. The van der Waals surface area contributed by atoms with Crippen molar-refractivity contribution in [2.24, 2.45) is 5.10 Å². The van der Waals surface area contributed by atoms with E-state index in [9.17, 15) is 28.2 Å². The van der Waals surface area contributed by atoms with E-state index in [0.717, 1.165) is 24.4 Å². The Labute approximate surface area is 140 Å². The van der Waals surface area contributed by atoms with Gasteiger partial charge in [0.2, 0.25) is 5.91 Å². The molecule has 0 aromatic heterocycles. The summed E-state index contributed by atoms with van der Waals surface area (Å²) in [4.78, 5) is 11.7. The molecule has 1 amide bonds. The molecular weight excluding hydrogens is 341 g/mol. The van der Waals surface area contributed by atoms with E-state index in [4.69, 9.17) is 0 Å². The number of ether oxygens (including phenoxy) is 1. The van der Waals surface area contributed by atoms with Crippen molar-refractivity contribution >= 4 is 12.1 Å². The molecule has 0 aliphatic heterocycles. The molecule has 0 saturated heterocycles. The zero-order valence-corrected chi connectivity index (χ0v) is 12.6. The predicted octanol–water partition coefficient (Wildman–Crippen LogP) is 2.69. The molecule has 2 aromatic rings. The molecule has 0 spiro atoms. The lowest BCUT2D eigenvalue weighted by Crippen LogP contribution is -2.19. The van der Waals surface area contributed by atoms with E-state index in [1.807, 2.05) is 0 Å². The van der Waals surface area contributed by atoms with Crippen LogP contribution in [-0.4, -0.2) is 28.7 Å². The van der Waals surface area contributed by atoms with Crippen LogP contribution in [-0.2, 0) is 11.2 Å².